The summed E-state index contributed by atoms with van der Waals surface area (Å²) in [5.74, 6) is 0.235. The Hall–Kier alpha value is -0.790. The highest BCUT2D eigenvalue weighted by atomic mass is 19.1. The monoisotopic (exact) mass is 197 g/mol. The molecule has 1 nitrogen and oxygen atoms in total. The van der Waals surface area contributed by atoms with E-state index in [1.807, 2.05) is 0 Å². The molecule has 0 bridgehead atoms. The second-order valence-electron chi connectivity index (χ2n) is 5.23. The number of halogens is 1. The first-order valence-corrected chi connectivity index (χ1v) is 5.10. The first-order chi connectivity index (χ1) is 6.25. The van der Waals surface area contributed by atoms with E-state index in [-0.39, 0.29) is 11.4 Å². The van der Waals surface area contributed by atoms with Crippen LogP contribution in [0, 0.1) is 5.95 Å². The normalized spacial score (nSPS) is 12.6. The predicted molar refractivity (Wildman–Crippen MR) is 58.2 cm³/mol. The van der Waals surface area contributed by atoms with Crippen LogP contribution in [0.25, 0.3) is 0 Å². The number of nitrogens with zero attached hydrogens (tertiary/aromatic N) is 1. The van der Waals surface area contributed by atoms with Crippen LogP contribution in [-0.4, -0.2) is 4.57 Å². The van der Waals surface area contributed by atoms with Gasteiger partial charge >= 0.3 is 0 Å². The summed E-state index contributed by atoms with van der Waals surface area (Å²) in [6.45, 7) is 10.6. The quantitative estimate of drug-likeness (QED) is 0.648. The van der Waals surface area contributed by atoms with E-state index in [0.717, 1.165) is 11.3 Å². The van der Waals surface area contributed by atoms with Gasteiger partial charge in [0.15, 0.2) is 5.95 Å². The first-order valence-electron chi connectivity index (χ1n) is 5.10. The van der Waals surface area contributed by atoms with Crippen LogP contribution in [0.2, 0.25) is 0 Å². The van der Waals surface area contributed by atoms with Crippen LogP contribution in [0.5, 0.6) is 0 Å². The molecule has 0 aliphatic carbocycles. The predicted octanol–water partition coefficient (Wildman–Crippen LogP) is 3.59. The SMILES string of the molecule is CC(C)c1cc(F)n(C)c1C(C)(C)C. The van der Waals surface area contributed by atoms with Crippen LogP contribution in [0.15, 0.2) is 6.07 Å². The smallest absolute Gasteiger partial charge is 0.193 e. The van der Waals surface area contributed by atoms with Gasteiger partial charge in [-0.2, -0.15) is 4.39 Å². The molecule has 0 spiro atoms. The fourth-order valence-corrected chi connectivity index (χ4v) is 1.97. The molecule has 0 saturated carbocycles. The molecule has 2 heteroatoms. The first kappa shape index (κ1) is 11.3. The Labute approximate surface area is 85.9 Å². The number of hydrogen-bond donors (Lipinski definition) is 0. The highest BCUT2D eigenvalue weighted by Gasteiger charge is 2.25. The summed E-state index contributed by atoms with van der Waals surface area (Å²) < 4.78 is 15.1. The summed E-state index contributed by atoms with van der Waals surface area (Å²) in [5.41, 5.74) is 2.22. The minimum Gasteiger partial charge on any atom is -0.324 e. The maximum atomic E-state index is 13.5. The third-order valence-corrected chi connectivity index (χ3v) is 2.54. The molecule has 1 aromatic rings. The molecule has 1 rings (SSSR count). The molecule has 0 radical (unpaired) electrons. The lowest BCUT2D eigenvalue weighted by atomic mass is 9.86. The molecule has 0 unspecified atom stereocenters. The number of aromatic nitrogens is 1. The maximum Gasteiger partial charge on any atom is 0.193 e. The highest BCUT2D eigenvalue weighted by Crippen LogP contribution is 2.32. The van der Waals surface area contributed by atoms with Crippen LogP contribution in [0.3, 0.4) is 0 Å². The van der Waals surface area contributed by atoms with E-state index in [4.69, 9.17) is 0 Å². The molecule has 14 heavy (non-hydrogen) atoms. The topological polar surface area (TPSA) is 4.93 Å². The minimum atomic E-state index is -0.140. The zero-order chi connectivity index (χ0) is 11.1. The molecular weight excluding hydrogens is 177 g/mol. The van der Waals surface area contributed by atoms with E-state index in [2.05, 4.69) is 34.6 Å². The summed E-state index contributed by atoms with van der Waals surface area (Å²) in [6, 6.07) is 1.66. The van der Waals surface area contributed by atoms with Crippen molar-refractivity contribution in [1.82, 2.24) is 4.57 Å². The lowest BCUT2D eigenvalue weighted by Gasteiger charge is -2.23. The summed E-state index contributed by atoms with van der Waals surface area (Å²) in [6.07, 6.45) is 0. The Morgan fingerprint density at radius 2 is 1.79 bits per heavy atom. The molecule has 80 valence electrons. The van der Waals surface area contributed by atoms with Crippen LogP contribution in [0.4, 0.5) is 4.39 Å². The van der Waals surface area contributed by atoms with Crippen molar-refractivity contribution in [2.75, 3.05) is 0 Å². The van der Waals surface area contributed by atoms with Gasteiger partial charge in [0.05, 0.1) is 0 Å². The summed E-state index contributed by atoms with van der Waals surface area (Å²) in [7, 11) is 1.79. The Morgan fingerprint density at radius 3 is 2.07 bits per heavy atom. The lowest BCUT2D eigenvalue weighted by molar-refractivity contribution is 0.476. The van der Waals surface area contributed by atoms with Gasteiger partial charge in [0, 0.05) is 18.2 Å². The molecule has 0 aliphatic heterocycles. The molecule has 1 heterocycles. The Bertz CT molecular complexity index is 329. The van der Waals surface area contributed by atoms with Gasteiger partial charge in [0.2, 0.25) is 0 Å². The van der Waals surface area contributed by atoms with Crippen molar-refractivity contribution in [2.24, 2.45) is 7.05 Å². The second kappa shape index (κ2) is 3.41. The van der Waals surface area contributed by atoms with Gasteiger partial charge in [-0.25, -0.2) is 0 Å². The van der Waals surface area contributed by atoms with Crippen molar-refractivity contribution in [3.8, 4) is 0 Å². The third-order valence-electron chi connectivity index (χ3n) is 2.54. The van der Waals surface area contributed by atoms with Gasteiger partial charge in [0.25, 0.3) is 0 Å². The van der Waals surface area contributed by atoms with Gasteiger partial charge in [-0.3, -0.25) is 0 Å². The van der Waals surface area contributed by atoms with Gasteiger partial charge in [-0.1, -0.05) is 34.6 Å². The second-order valence-corrected chi connectivity index (χ2v) is 5.23. The van der Waals surface area contributed by atoms with Crippen molar-refractivity contribution >= 4 is 0 Å². The molecule has 0 fully saturated rings. The third kappa shape index (κ3) is 1.84. The average molecular weight is 197 g/mol. The summed E-state index contributed by atoms with van der Waals surface area (Å²) in [4.78, 5) is 0. The van der Waals surface area contributed by atoms with E-state index in [1.54, 1.807) is 17.7 Å². The molecule has 0 atom stereocenters. The van der Waals surface area contributed by atoms with E-state index >= 15 is 0 Å². The molecule has 0 amide bonds. The molecule has 0 aromatic carbocycles. The average Bonchev–Trinajstić information content (AvgIpc) is 2.27. The molecule has 0 aliphatic rings. The van der Waals surface area contributed by atoms with Crippen LogP contribution >= 0.6 is 0 Å². The molecular formula is C12H20FN. The maximum absolute atomic E-state index is 13.5. The zero-order valence-corrected chi connectivity index (χ0v) is 9.98. The Morgan fingerprint density at radius 1 is 1.29 bits per heavy atom. The number of hydrogen-bond acceptors (Lipinski definition) is 0. The fourth-order valence-electron chi connectivity index (χ4n) is 1.97. The van der Waals surface area contributed by atoms with Crippen LogP contribution < -0.4 is 0 Å². The van der Waals surface area contributed by atoms with Crippen molar-refractivity contribution < 1.29 is 4.39 Å². The Kier molecular flexibility index (Phi) is 2.75. The van der Waals surface area contributed by atoms with Gasteiger partial charge in [-0.05, 0) is 17.5 Å². The van der Waals surface area contributed by atoms with Crippen molar-refractivity contribution in [1.29, 1.82) is 0 Å². The van der Waals surface area contributed by atoms with Gasteiger partial charge in [0.1, 0.15) is 0 Å². The Balaban J connectivity index is 3.38. The number of rotatable bonds is 1. The molecule has 1 aromatic heterocycles. The summed E-state index contributed by atoms with van der Waals surface area (Å²) >= 11 is 0. The van der Waals surface area contributed by atoms with Crippen LogP contribution in [0.1, 0.15) is 51.8 Å². The largest absolute Gasteiger partial charge is 0.324 e. The lowest BCUT2D eigenvalue weighted by Crippen LogP contribution is -2.19. The zero-order valence-electron chi connectivity index (χ0n) is 9.98. The molecule has 0 N–H and O–H groups in total. The van der Waals surface area contributed by atoms with Gasteiger partial charge in [-0.15, -0.1) is 0 Å². The van der Waals surface area contributed by atoms with Gasteiger partial charge < -0.3 is 4.57 Å². The minimum absolute atomic E-state index is 0.00130. The summed E-state index contributed by atoms with van der Waals surface area (Å²) in [5, 5.41) is 0. The van der Waals surface area contributed by atoms with E-state index in [9.17, 15) is 4.39 Å². The van der Waals surface area contributed by atoms with Crippen molar-refractivity contribution in [3.63, 3.8) is 0 Å². The highest BCUT2D eigenvalue weighted by molar-refractivity contribution is 5.31. The van der Waals surface area contributed by atoms with Crippen molar-refractivity contribution in [2.45, 2.75) is 46.0 Å². The molecule has 0 saturated heterocycles. The van der Waals surface area contributed by atoms with E-state index in [1.165, 1.54) is 0 Å². The van der Waals surface area contributed by atoms with E-state index < -0.39 is 0 Å². The fraction of sp³-hybridized carbons (Fsp3) is 0.667. The standard InChI is InChI=1S/C12H20FN/c1-8(2)9-7-10(13)14(6)11(9)12(3,4)5/h7-8H,1-6H3. The van der Waals surface area contributed by atoms with Crippen molar-refractivity contribution in [3.05, 3.63) is 23.3 Å². The van der Waals surface area contributed by atoms with Crippen LogP contribution in [-0.2, 0) is 12.5 Å². The van der Waals surface area contributed by atoms with E-state index in [0.29, 0.717) is 5.92 Å².